The Kier molecular flexibility index (Phi) is 8.89. The van der Waals surface area contributed by atoms with E-state index >= 15 is 0 Å². The molecular formula is C15H19Cl2N3OS. The number of hydrazine groups is 1. The van der Waals surface area contributed by atoms with Gasteiger partial charge in [0.25, 0.3) is 5.91 Å². The standard InChI is InChI=1S/C15H19Cl2N3OS/c1-2-3-4-10-18-15(22)20-19-14(21)9-8-11-12(16)6-5-7-13(11)17/h5-9H,2-4,10H2,1H3,(H,19,21)(H2,18,20,22)/b9-8+. The van der Waals surface area contributed by atoms with Crippen molar-refractivity contribution in [3.63, 3.8) is 0 Å². The number of nitrogens with one attached hydrogen (secondary N) is 3. The van der Waals surface area contributed by atoms with Crippen molar-refractivity contribution in [2.75, 3.05) is 6.54 Å². The largest absolute Gasteiger partial charge is 0.361 e. The lowest BCUT2D eigenvalue weighted by Crippen LogP contribution is -2.46. The number of amides is 1. The van der Waals surface area contributed by atoms with Gasteiger partial charge in [-0.2, -0.15) is 0 Å². The number of carbonyl (C=O) groups excluding carboxylic acids is 1. The fourth-order valence-corrected chi connectivity index (χ4v) is 2.29. The predicted molar refractivity (Wildman–Crippen MR) is 96.9 cm³/mol. The van der Waals surface area contributed by atoms with Crippen molar-refractivity contribution >= 4 is 52.5 Å². The fourth-order valence-electron chi connectivity index (χ4n) is 1.61. The predicted octanol–water partition coefficient (Wildman–Crippen LogP) is 3.69. The molecule has 1 aromatic rings. The molecule has 1 amide bonds. The Morgan fingerprint density at radius 1 is 1.23 bits per heavy atom. The molecule has 0 bridgehead atoms. The molecule has 0 fully saturated rings. The number of hydrogen-bond donors (Lipinski definition) is 3. The van der Waals surface area contributed by atoms with Gasteiger partial charge in [-0.15, -0.1) is 0 Å². The molecule has 22 heavy (non-hydrogen) atoms. The van der Waals surface area contributed by atoms with Crippen molar-refractivity contribution in [2.45, 2.75) is 26.2 Å². The molecule has 0 atom stereocenters. The zero-order valence-corrected chi connectivity index (χ0v) is 14.6. The smallest absolute Gasteiger partial charge is 0.262 e. The Bertz CT molecular complexity index is 529. The van der Waals surface area contributed by atoms with Crippen LogP contribution < -0.4 is 16.2 Å². The molecule has 0 spiro atoms. The third-order valence-corrected chi connectivity index (χ3v) is 3.67. The molecule has 0 aliphatic carbocycles. The average Bonchev–Trinajstić information content (AvgIpc) is 2.49. The first kappa shape index (κ1) is 18.7. The molecule has 1 rings (SSSR count). The second-order valence-electron chi connectivity index (χ2n) is 4.55. The molecule has 0 unspecified atom stereocenters. The number of hydrogen-bond acceptors (Lipinski definition) is 2. The Balaban J connectivity index is 2.37. The van der Waals surface area contributed by atoms with E-state index in [9.17, 15) is 4.79 Å². The second-order valence-corrected chi connectivity index (χ2v) is 5.77. The van der Waals surface area contributed by atoms with Crippen molar-refractivity contribution in [3.8, 4) is 0 Å². The number of unbranched alkanes of at least 4 members (excludes halogenated alkanes) is 2. The molecular weight excluding hydrogens is 341 g/mol. The van der Waals surface area contributed by atoms with E-state index in [1.54, 1.807) is 24.3 Å². The summed E-state index contributed by atoms with van der Waals surface area (Å²) in [4.78, 5) is 11.7. The molecule has 120 valence electrons. The molecule has 4 nitrogen and oxygen atoms in total. The SMILES string of the molecule is CCCCCNC(=S)NNC(=O)/C=C/c1c(Cl)cccc1Cl. The van der Waals surface area contributed by atoms with Crippen LogP contribution in [-0.4, -0.2) is 17.6 Å². The van der Waals surface area contributed by atoms with Crippen LogP contribution in [0.5, 0.6) is 0 Å². The highest BCUT2D eigenvalue weighted by atomic mass is 35.5. The highest BCUT2D eigenvalue weighted by Crippen LogP contribution is 2.25. The highest BCUT2D eigenvalue weighted by Gasteiger charge is 2.03. The van der Waals surface area contributed by atoms with Crippen molar-refractivity contribution < 1.29 is 4.79 Å². The number of halogens is 2. The lowest BCUT2D eigenvalue weighted by molar-refractivity contribution is -0.116. The Labute approximate surface area is 146 Å². The normalized spacial score (nSPS) is 10.5. The second kappa shape index (κ2) is 10.4. The van der Waals surface area contributed by atoms with E-state index in [4.69, 9.17) is 35.4 Å². The molecule has 0 heterocycles. The van der Waals surface area contributed by atoms with E-state index in [0.29, 0.717) is 20.7 Å². The first-order valence-electron chi connectivity index (χ1n) is 7.00. The summed E-state index contributed by atoms with van der Waals surface area (Å²) < 4.78 is 0. The summed E-state index contributed by atoms with van der Waals surface area (Å²) in [5.74, 6) is -0.353. The van der Waals surface area contributed by atoms with Crippen LogP contribution in [0.25, 0.3) is 6.08 Å². The van der Waals surface area contributed by atoms with Crippen molar-refractivity contribution in [2.24, 2.45) is 0 Å². The van der Waals surface area contributed by atoms with Crippen LogP contribution in [0.15, 0.2) is 24.3 Å². The maximum absolute atomic E-state index is 11.7. The van der Waals surface area contributed by atoms with Gasteiger partial charge in [0, 0.05) is 28.2 Å². The molecule has 0 aromatic heterocycles. The molecule has 0 radical (unpaired) electrons. The van der Waals surface area contributed by atoms with E-state index in [1.807, 2.05) is 0 Å². The minimum Gasteiger partial charge on any atom is -0.361 e. The topological polar surface area (TPSA) is 53.2 Å². The number of thiocarbonyl (C=S) groups is 1. The van der Waals surface area contributed by atoms with Crippen LogP contribution in [0.2, 0.25) is 10.0 Å². The van der Waals surface area contributed by atoms with Crippen LogP contribution in [0.4, 0.5) is 0 Å². The lowest BCUT2D eigenvalue weighted by atomic mass is 10.2. The Morgan fingerprint density at radius 2 is 1.91 bits per heavy atom. The summed E-state index contributed by atoms with van der Waals surface area (Å²) in [6, 6.07) is 5.16. The summed E-state index contributed by atoms with van der Waals surface area (Å²) in [7, 11) is 0. The van der Waals surface area contributed by atoms with Gasteiger partial charge in [0.15, 0.2) is 5.11 Å². The Morgan fingerprint density at radius 3 is 2.55 bits per heavy atom. The highest BCUT2D eigenvalue weighted by molar-refractivity contribution is 7.80. The van der Waals surface area contributed by atoms with E-state index in [-0.39, 0.29) is 5.91 Å². The first-order chi connectivity index (χ1) is 10.5. The van der Waals surface area contributed by atoms with Gasteiger partial charge in [-0.1, -0.05) is 49.0 Å². The minimum absolute atomic E-state index is 0.353. The van der Waals surface area contributed by atoms with Gasteiger partial charge in [0.1, 0.15) is 0 Å². The quantitative estimate of drug-likeness (QED) is 0.313. The summed E-state index contributed by atoms with van der Waals surface area (Å²) >= 11 is 17.1. The van der Waals surface area contributed by atoms with E-state index in [0.717, 1.165) is 25.8 Å². The van der Waals surface area contributed by atoms with E-state index in [2.05, 4.69) is 23.1 Å². The van der Waals surface area contributed by atoms with Crippen LogP contribution in [0, 0.1) is 0 Å². The molecule has 0 saturated carbocycles. The van der Waals surface area contributed by atoms with Gasteiger partial charge in [0.2, 0.25) is 0 Å². The zero-order valence-electron chi connectivity index (χ0n) is 12.3. The minimum atomic E-state index is -0.353. The van der Waals surface area contributed by atoms with Gasteiger partial charge < -0.3 is 5.32 Å². The van der Waals surface area contributed by atoms with Gasteiger partial charge in [-0.05, 0) is 36.8 Å². The van der Waals surface area contributed by atoms with Gasteiger partial charge in [0.05, 0.1) is 0 Å². The first-order valence-corrected chi connectivity index (χ1v) is 8.17. The van der Waals surface area contributed by atoms with Crippen molar-refractivity contribution in [1.29, 1.82) is 0 Å². The van der Waals surface area contributed by atoms with E-state index < -0.39 is 0 Å². The Hall–Kier alpha value is -1.30. The third kappa shape index (κ3) is 7.11. The summed E-state index contributed by atoms with van der Waals surface area (Å²) in [6.45, 7) is 2.91. The molecule has 0 aliphatic rings. The van der Waals surface area contributed by atoms with Crippen molar-refractivity contribution in [3.05, 3.63) is 39.9 Å². The van der Waals surface area contributed by atoms with Crippen LogP contribution >= 0.6 is 35.4 Å². The summed E-state index contributed by atoms with van der Waals surface area (Å²) in [6.07, 6.45) is 6.22. The molecule has 1 aromatic carbocycles. The molecule has 7 heteroatoms. The third-order valence-electron chi connectivity index (χ3n) is 2.77. The average molecular weight is 360 g/mol. The lowest BCUT2D eigenvalue weighted by Gasteiger charge is -2.10. The molecule has 0 aliphatic heterocycles. The maximum Gasteiger partial charge on any atom is 0.262 e. The fraction of sp³-hybridized carbons (Fsp3) is 0.333. The van der Waals surface area contributed by atoms with Crippen LogP contribution in [0.1, 0.15) is 31.7 Å². The number of benzene rings is 1. The number of rotatable bonds is 6. The number of carbonyl (C=O) groups is 1. The van der Waals surface area contributed by atoms with Crippen molar-refractivity contribution in [1.82, 2.24) is 16.2 Å². The van der Waals surface area contributed by atoms with E-state index in [1.165, 1.54) is 6.08 Å². The summed E-state index contributed by atoms with van der Waals surface area (Å²) in [5.41, 5.74) is 5.69. The van der Waals surface area contributed by atoms with Gasteiger partial charge in [-0.25, -0.2) is 0 Å². The summed E-state index contributed by atoms with van der Waals surface area (Å²) in [5, 5.41) is 4.35. The van der Waals surface area contributed by atoms with Crippen LogP contribution in [-0.2, 0) is 4.79 Å². The zero-order chi connectivity index (χ0) is 16.4. The molecule has 0 saturated heterocycles. The molecule has 3 N–H and O–H groups in total. The van der Waals surface area contributed by atoms with Gasteiger partial charge >= 0.3 is 0 Å². The monoisotopic (exact) mass is 359 g/mol. The van der Waals surface area contributed by atoms with Crippen LogP contribution in [0.3, 0.4) is 0 Å². The maximum atomic E-state index is 11.7. The van der Waals surface area contributed by atoms with Gasteiger partial charge in [-0.3, -0.25) is 15.6 Å².